The van der Waals surface area contributed by atoms with E-state index in [1.54, 1.807) is 6.07 Å². The van der Waals surface area contributed by atoms with Crippen LogP contribution in [0.4, 0.5) is 4.39 Å². The highest BCUT2D eigenvalue weighted by Crippen LogP contribution is 2.25. The SMILES string of the molecule is Fc1cccc2[nH]c(-c3ccc4c(c3)CNCC4)nc12. The van der Waals surface area contributed by atoms with Crippen LogP contribution in [0.25, 0.3) is 22.4 Å². The van der Waals surface area contributed by atoms with Crippen molar-refractivity contribution in [3.05, 3.63) is 53.3 Å². The smallest absolute Gasteiger partial charge is 0.151 e. The topological polar surface area (TPSA) is 40.7 Å². The molecule has 2 N–H and O–H groups in total. The van der Waals surface area contributed by atoms with Gasteiger partial charge in [-0.3, -0.25) is 0 Å². The van der Waals surface area contributed by atoms with E-state index in [1.165, 1.54) is 17.2 Å². The van der Waals surface area contributed by atoms with E-state index in [4.69, 9.17) is 0 Å². The molecular weight excluding hydrogens is 253 g/mol. The summed E-state index contributed by atoms with van der Waals surface area (Å²) in [6, 6.07) is 11.3. The molecule has 0 saturated heterocycles. The Kier molecular flexibility index (Phi) is 2.57. The van der Waals surface area contributed by atoms with Crippen LogP contribution in [0.1, 0.15) is 11.1 Å². The summed E-state index contributed by atoms with van der Waals surface area (Å²) in [6.45, 7) is 1.92. The van der Waals surface area contributed by atoms with Crippen LogP contribution in [0.15, 0.2) is 36.4 Å². The predicted octanol–water partition coefficient (Wildman–Crippen LogP) is 3.01. The van der Waals surface area contributed by atoms with Crippen molar-refractivity contribution in [2.24, 2.45) is 0 Å². The zero-order valence-corrected chi connectivity index (χ0v) is 10.9. The van der Waals surface area contributed by atoms with Crippen molar-refractivity contribution < 1.29 is 4.39 Å². The van der Waals surface area contributed by atoms with Crippen molar-refractivity contribution in [1.82, 2.24) is 15.3 Å². The lowest BCUT2D eigenvalue weighted by Crippen LogP contribution is -2.23. The molecule has 4 rings (SSSR count). The number of fused-ring (bicyclic) bond motifs is 2. The first kappa shape index (κ1) is 11.6. The molecule has 2 aromatic carbocycles. The molecule has 0 radical (unpaired) electrons. The second kappa shape index (κ2) is 4.42. The molecule has 20 heavy (non-hydrogen) atoms. The summed E-state index contributed by atoms with van der Waals surface area (Å²) in [4.78, 5) is 7.57. The Morgan fingerprint density at radius 1 is 1.10 bits per heavy atom. The number of hydrogen-bond acceptors (Lipinski definition) is 2. The molecule has 4 heteroatoms. The first-order valence-electron chi connectivity index (χ1n) is 6.78. The largest absolute Gasteiger partial charge is 0.338 e. The van der Waals surface area contributed by atoms with E-state index >= 15 is 0 Å². The summed E-state index contributed by atoms with van der Waals surface area (Å²) in [7, 11) is 0. The van der Waals surface area contributed by atoms with Crippen molar-refractivity contribution in [1.29, 1.82) is 0 Å². The van der Waals surface area contributed by atoms with Gasteiger partial charge in [0.1, 0.15) is 11.3 Å². The van der Waals surface area contributed by atoms with Crippen LogP contribution in [-0.2, 0) is 13.0 Å². The summed E-state index contributed by atoms with van der Waals surface area (Å²) >= 11 is 0. The number of H-pyrrole nitrogens is 1. The number of nitrogens with one attached hydrogen (secondary N) is 2. The fraction of sp³-hybridized carbons (Fsp3) is 0.188. The molecule has 3 aromatic rings. The lowest BCUT2D eigenvalue weighted by molar-refractivity contribution is 0.637. The van der Waals surface area contributed by atoms with Crippen LogP contribution in [0, 0.1) is 5.82 Å². The molecule has 1 aliphatic rings. The van der Waals surface area contributed by atoms with Gasteiger partial charge in [-0.1, -0.05) is 18.2 Å². The second-order valence-corrected chi connectivity index (χ2v) is 5.13. The Morgan fingerprint density at radius 2 is 2.05 bits per heavy atom. The average Bonchev–Trinajstić information content (AvgIpc) is 2.92. The Hall–Kier alpha value is -2.20. The van der Waals surface area contributed by atoms with Crippen LogP contribution in [0.2, 0.25) is 0 Å². The van der Waals surface area contributed by atoms with Crippen molar-refractivity contribution >= 4 is 11.0 Å². The van der Waals surface area contributed by atoms with Gasteiger partial charge >= 0.3 is 0 Å². The van der Waals surface area contributed by atoms with Crippen molar-refractivity contribution in [3.63, 3.8) is 0 Å². The molecule has 0 atom stereocenters. The molecule has 0 amide bonds. The minimum atomic E-state index is -0.287. The maximum atomic E-state index is 13.7. The highest BCUT2D eigenvalue weighted by Gasteiger charge is 2.12. The first-order chi connectivity index (χ1) is 9.81. The minimum Gasteiger partial charge on any atom is -0.338 e. The Labute approximate surface area is 115 Å². The Morgan fingerprint density at radius 3 is 2.95 bits per heavy atom. The summed E-state index contributed by atoms with van der Waals surface area (Å²) in [5, 5.41) is 3.36. The molecule has 0 saturated carbocycles. The fourth-order valence-corrected chi connectivity index (χ4v) is 2.76. The molecule has 0 aliphatic carbocycles. The van der Waals surface area contributed by atoms with Crippen LogP contribution in [0.5, 0.6) is 0 Å². The van der Waals surface area contributed by atoms with Crippen LogP contribution in [0.3, 0.4) is 0 Å². The van der Waals surface area contributed by atoms with Gasteiger partial charge in [0.15, 0.2) is 5.82 Å². The molecule has 0 bridgehead atoms. The van der Waals surface area contributed by atoms with Gasteiger partial charge in [0.25, 0.3) is 0 Å². The number of nitrogens with zero attached hydrogens (tertiary/aromatic N) is 1. The third-order valence-corrected chi connectivity index (χ3v) is 3.83. The zero-order chi connectivity index (χ0) is 13.5. The molecule has 0 unspecified atom stereocenters. The van der Waals surface area contributed by atoms with Gasteiger partial charge in [0, 0.05) is 12.1 Å². The summed E-state index contributed by atoms with van der Waals surface area (Å²) in [5.41, 5.74) is 4.82. The Balaban J connectivity index is 1.84. The van der Waals surface area contributed by atoms with Gasteiger partial charge < -0.3 is 10.3 Å². The van der Waals surface area contributed by atoms with Gasteiger partial charge in [-0.15, -0.1) is 0 Å². The van der Waals surface area contributed by atoms with Crippen molar-refractivity contribution in [3.8, 4) is 11.4 Å². The number of para-hydroxylation sites is 1. The maximum absolute atomic E-state index is 13.7. The lowest BCUT2D eigenvalue weighted by Gasteiger charge is -2.17. The standard InChI is InChI=1S/C16H14FN3/c17-13-2-1-3-14-15(13)20-16(19-14)11-5-4-10-6-7-18-9-12(10)8-11/h1-5,8,18H,6-7,9H2,(H,19,20). The van der Waals surface area contributed by atoms with E-state index in [0.717, 1.165) is 36.4 Å². The minimum absolute atomic E-state index is 0.287. The molecular formula is C16H14FN3. The predicted molar refractivity (Wildman–Crippen MR) is 76.9 cm³/mol. The maximum Gasteiger partial charge on any atom is 0.151 e. The third-order valence-electron chi connectivity index (χ3n) is 3.83. The van der Waals surface area contributed by atoms with Crippen LogP contribution >= 0.6 is 0 Å². The zero-order valence-electron chi connectivity index (χ0n) is 10.9. The number of halogens is 1. The fourth-order valence-electron chi connectivity index (χ4n) is 2.76. The number of imidazole rings is 1. The van der Waals surface area contributed by atoms with E-state index < -0.39 is 0 Å². The third kappa shape index (κ3) is 1.80. The van der Waals surface area contributed by atoms with Gasteiger partial charge in [0.2, 0.25) is 0 Å². The number of hydrogen-bond donors (Lipinski definition) is 2. The van der Waals surface area contributed by atoms with E-state index in [0.29, 0.717) is 5.52 Å². The Bertz CT molecular complexity index is 792. The highest BCUT2D eigenvalue weighted by atomic mass is 19.1. The molecule has 1 aromatic heterocycles. The quantitative estimate of drug-likeness (QED) is 0.711. The van der Waals surface area contributed by atoms with Crippen molar-refractivity contribution in [2.75, 3.05) is 6.54 Å². The molecule has 3 nitrogen and oxygen atoms in total. The normalized spacial score (nSPS) is 14.4. The molecule has 100 valence electrons. The van der Waals surface area contributed by atoms with Gasteiger partial charge in [0.05, 0.1) is 5.52 Å². The van der Waals surface area contributed by atoms with E-state index in [-0.39, 0.29) is 5.82 Å². The van der Waals surface area contributed by atoms with Crippen molar-refractivity contribution in [2.45, 2.75) is 13.0 Å². The number of benzene rings is 2. The van der Waals surface area contributed by atoms with Gasteiger partial charge in [-0.05, 0) is 42.3 Å². The van der Waals surface area contributed by atoms with Gasteiger partial charge in [-0.25, -0.2) is 9.37 Å². The highest BCUT2D eigenvalue weighted by molar-refractivity contribution is 5.80. The summed E-state index contributed by atoms with van der Waals surface area (Å²) in [5.74, 6) is 0.433. The summed E-state index contributed by atoms with van der Waals surface area (Å²) < 4.78 is 13.7. The summed E-state index contributed by atoms with van der Waals surface area (Å²) in [6.07, 6.45) is 1.06. The van der Waals surface area contributed by atoms with Crippen LogP contribution in [-0.4, -0.2) is 16.5 Å². The van der Waals surface area contributed by atoms with E-state index in [9.17, 15) is 4.39 Å². The van der Waals surface area contributed by atoms with E-state index in [2.05, 4.69) is 33.5 Å². The monoisotopic (exact) mass is 267 g/mol. The molecule has 0 fully saturated rings. The number of aromatic amines is 1. The average molecular weight is 267 g/mol. The number of rotatable bonds is 1. The first-order valence-corrected chi connectivity index (χ1v) is 6.78. The second-order valence-electron chi connectivity index (χ2n) is 5.13. The molecule has 1 aliphatic heterocycles. The van der Waals surface area contributed by atoms with E-state index in [1.807, 2.05) is 6.07 Å². The van der Waals surface area contributed by atoms with Crippen LogP contribution < -0.4 is 5.32 Å². The molecule has 2 heterocycles. The van der Waals surface area contributed by atoms with Gasteiger partial charge in [-0.2, -0.15) is 0 Å². The number of aromatic nitrogens is 2. The molecule has 0 spiro atoms. The lowest BCUT2D eigenvalue weighted by atomic mass is 9.98.